The lowest BCUT2D eigenvalue weighted by molar-refractivity contribution is 0.131. The van der Waals surface area contributed by atoms with Gasteiger partial charge in [0.25, 0.3) is 0 Å². The van der Waals surface area contributed by atoms with Crippen LogP contribution in [0, 0.1) is 5.92 Å². The molecule has 1 aliphatic carbocycles. The molecule has 0 saturated heterocycles. The summed E-state index contributed by atoms with van der Waals surface area (Å²) >= 11 is 3.69. The molecule has 1 saturated carbocycles. The molecule has 1 N–H and O–H groups in total. The van der Waals surface area contributed by atoms with Gasteiger partial charge in [-0.25, -0.2) is 0 Å². The lowest BCUT2D eigenvalue weighted by Crippen LogP contribution is -2.23. The Morgan fingerprint density at radius 2 is 2.19 bits per heavy atom. The Balaban J connectivity index is 1.77. The van der Waals surface area contributed by atoms with Crippen LogP contribution in [0.1, 0.15) is 31.7 Å². The number of benzene rings is 1. The molecule has 0 unspecified atom stereocenters. The van der Waals surface area contributed by atoms with E-state index in [2.05, 4.69) is 58.3 Å². The van der Waals surface area contributed by atoms with Crippen LogP contribution in [-0.2, 0) is 11.3 Å². The van der Waals surface area contributed by atoms with Gasteiger partial charge in [0.05, 0.1) is 12.3 Å². The first-order valence-corrected chi connectivity index (χ1v) is 8.78. The summed E-state index contributed by atoms with van der Waals surface area (Å²) in [6.07, 6.45) is 3.88. The SMILES string of the molecule is CCCNCc1ccc(N(C)CCOCC2CC2)c(Br)c1. The van der Waals surface area contributed by atoms with Crippen LogP contribution >= 0.6 is 15.9 Å². The molecule has 0 heterocycles. The zero-order valence-corrected chi connectivity index (χ0v) is 14.8. The number of rotatable bonds is 10. The first kappa shape index (κ1) is 16.8. The molecule has 2 rings (SSSR count). The van der Waals surface area contributed by atoms with E-state index in [1.807, 2.05) is 0 Å². The molecule has 3 nitrogen and oxygen atoms in total. The van der Waals surface area contributed by atoms with Gasteiger partial charge in [-0.15, -0.1) is 0 Å². The van der Waals surface area contributed by atoms with Crippen LogP contribution in [0.4, 0.5) is 5.69 Å². The molecular weight excluding hydrogens is 328 g/mol. The highest BCUT2D eigenvalue weighted by Gasteiger charge is 2.21. The second-order valence-corrected chi connectivity index (χ2v) is 6.76. The van der Waals surface area contributed by atoms with E-state index in [-0.39, 0.29) is 0 Å². The Morgan fingerprint density at radius 1 is 1.38 bits per heavy atom. The van der Waals surface area contributed by atoms with Crippen molar-refractivity contribution in [2.75, 3.05) is 38.3 Å². The van der Waals surface area contributed by atoms with Crippen molar-refractivity contribution in [2.45, 2.75) is 32.7 Å². The van der Waals surface area contributed by atoms with Crippen molar-refractivity contribution in [1.29, 1.82) is 0 Å². The molecule has 0 aliphatic heterocycles. The number of halogens is 1. The summed E-state index contributed by atoms with van der Waals surface area (Å²) in [6, 6.07) is 6.60. The molecule has 1 aromatic carbocycles. The number of likely N-dealkylation sites (N-methyl/N-ethyl adjacent to an activating group) is 1. The number of nitrogens with one attached hydrogen (secondary N) is 1. The third-order valence-electron chi connectivity index (χ3n) is 3.80. The predicted molar refractivity (Wildman–Crippen MR) is 93.0 cm³/mol. The molecule has 0 spiro atoms. The Morgan fingerprint density at radius 3 is 2.86 bits per heavy atom. The normalized spacial score (nSPS) is 14.4. The third-order valence-corrected chi connectivity index (χ3v) is 4.44. The minimum atomic E-state index is 0.805. The number of ether oxygens (including phenoxy) is 1. The fraction of sp³-hybridized carbons (Fsp3) is 0.647. The second kappa shape index (κ2) is 8.76. The van der Waals surface area contributed by atoms with Gasteiger partial charge in [0, 0.05) is 31.2 Å². The van der Waals surface area contributed by atoms with Crippen LogP contribution in [0.25, 0.3) is 0 Å². The van der Waals surface area contributed by atoms with Crippen molar-refractivity contribution in [3.63, 3.8) is 0 Å². The highest BCUT2D eigenvalue weighted by molar-refractivity contribution is 9.10. The lowest BCUT2D eigenvalue weighted by atomic mass is 10.2. The van der Waals surface area contributed by atoms with Crippen molar-refractivity contribution in [1.82, 2.24) is 5.32 Å². The van der Waals surface area contributed by atoms with E-state index in [9.17, 15) is 0 Å². The number of hydrogen-bond acceptors (Lipinski definition) is 3. The van der Waals surface area contributed by atoms with Crippen LogP contribution < -0.4 is 10.2 Å². The van der Waals surface area contributed by atoms with Crippen molar-refractivity contribution in [3.05, 3.63) is 28.2 Å². The lowest BCUT2D eigenvalue weighted by Gasteiger charge is -2.21. The van der Waals surface area contributed by atoms with E-state index >= 15 is 0 Å². The predicted octanol–water partition coefficient (Wildman–Crippen LogP) is 3.81. The van der Waals surface area contributed by atoms with Gasteiger partial charge in [-0.2, -0.15) is 0 Å². The van der Waals surface area contributed by atoms with E-state index in [0.29, 0.717) is 0 Å². The summed E-state index contributed by atoms with van der Waals surface area (Å²) in [4.78, 5) is 2.25. The Bertz CT molecular complexity index is 435. The third kappa shape index (κ3) is 5.97. The van der Waals surface area contributed by atoms with Crippen LogP contribution in [-0.4, -0.2) is 33.4 Å². The minimum absolute atomic E-state index is 0.805. The van der Waals surface area contributed by atoms with Crippen molar-refractivity contribution in [3.8, 4) is 0 Å². The van der Waals surface area contributed by atoms with Gasteiger partial charge in [-0.05, 0) is 65.4 Å². The maximum Gasteiger partial charge on any atom is 0.0641 e. The van der Waals surface area contributed by atoms with Crippen LogP contribution in [0.15, 0.2) is 22.7 Å². The molecular formula is C17H27BrN2O. The number of anilines is 1. The maximum atomic E-state index is 5.71. The summed E-state index contributed by atoms with van der Waals surface area (Å²) < 4.78 is 6.87. The van der Waals surface area contributed by atoms with E-state index in [1.54, 1.807) is 0 Å². The Hall–Kier alpha value is -0.580. The van der Waals surface area contributed by atoms with Gasteiger partial charge >= 0.3 is 0 Å². The highest BCUT2D eigenvalue weighted by Crippen LogP contribution is 2.29. The van der Waals surface area contributed by atoms with Crippen LogP contribution in [0.3, 0.4) is 0 Å². The molecule has 1 aliphatic rings. The summed E-state index contributed by atoms with van der Waals surface area (Å²) in [5, 5.41) is 3.43. The number of nitrogens with zero attached hydrogens (tertiary/aromatic N) is 1. The molecule has 0 radical (unpaired) electrons. The average Bonchev–Trinajstić information content (AvgIpc) is 3.28. The van der Waals surface area contributed by atoms with Gasteiger partial charge in [-0.1, -0.05) is 13.0 Å². The zero-order valence-electron chi connectivity index (χ0n) is 13.2. The minimum Gasteiger partial charge on any atom is -0.379 e. The maximum absolute atomic E-state index is 5.71. The fourth-order valence-corrected chi connectivity index (χ4v) is 2.96. The quantitative estimate of drug-likeness (QED) is 0.646. The van der Waals surface area contributed by atoms with Gasteiger partial charge < -0.3 is 15.0 Å². The highest BCUT2D eigenvalue weighted by atomic mass is 79.9. The molecule has 0 aromatic heterocycles. The first-order chi connectivity index (χ1) is 10.2. The standard InChI is InChI=1S/C17H27BrN2O/c1-3-8-19-12-15-6-7-17(16(18)11-15)20(2)9-10-21-13-14-4-5-14/h6-7,11,14,19H,3-5,8-10,12-13H2,1-2H3. The first-order valence-electron chi connectivity index (χ1n) is 7.98. The van der Waals surface area contributed by atoms with Crippen molar-refractivity contribution >= 4 is 21.6 Å². The van der Waals surface area contributed by atoms with Gasteiger partial charge in [0.2, 0.25) is 0 Å². The summed E-state index contributed by atoms with van der Waals surface area (Å²) in [5.74, 6) is 0.844. The van der Waals surface area contributed by atoms with Crippen molar-refractivity contribution in [2.24, 2.45) is 5.92 Å². The molecule has 1 fully saturated rings. The Labute approximate surface area is 137 Å². The molecule has 4 heteroatoms. The number of hydrogen-bond donors (Lipinski definition) is 1. The fourth-order valence-electron chi connectivity index (χ4n) is 2.24. The Kier molecular flexibility index (Phi) is 7.00. The molecule has 118 valence electrons. The monoisotopic (exact) mass is 354 g/mol. The van der Waals surface area contributed by atoms with Crippen LogP contribution in [0.2, 0.25) is 0 Å². The molecule has 21 heavy (non-hydrogen) atoms. The molecule has 1 aromatic rings. The molecule has 0 amide bonds. The van der Waals surface area contributed by atoms with E-state index in [4.69, 9.17) is 4.74 Å². The summed E-state index contributed by atoms with van der Waals surface area (Å²) in [5.41, 5.74) is 2.54. The smallest absolute Gasteiger partial charge is 0.0641 e. The zero-order chi connectivity index (χ0) is 15.1. The molecule has 0 bridgehead atoms. The van der Waals surface area contributed by atoms with Crippen molar-refractivity contribution < 1.29 is 4.74 Å². The largest absolute Gasteiger partial charge is 0.379 e. The molecule has 0 atom stereocenters. The van der Waals surface area contributed by atoms with E-state index in [1.165, 1.54) is 30.5 Å². The summed E-state index contributed by atoms with van der Waals surface area (Å²) in [6.45, 7) is 6.86. The van der Waals surface area contributed by atoms with E-state index in [0.717, 1.165) is 43.2 Å². The van der Waals surface area contributed by atoms with E-state index < -0.39 is 0 Å². The topological polar surface area (TPSA) is 24.5 Å². The second-order valence-electron chi connectivity index (χ2n) is 5.90. The van der Waals surface area contributed by atoms with Gasteiger partial charge in [0.15, 0.2) is 0 Å². The summed E-state index contributed by atoms with van der Waals surface area (Å²) in [7, 11) is 2.12. The van der Waals surface area contributed by atoms with Gasteiger partial charge in [0.1, 0.15) is 0 Å². The van der Waals surface area contributed by atoms with Gasteiger partial charge in [-0.3, -0.25) is 0 Å². The average molecular weight is 355 g/mol. The van der Waals surface area contributed by atoms with Crippen LogP contribution in [0.5, 0.6) is 0 Å².